The molecule has 0 unspecified atom stereocenters. The zero-order chi connectivity index (χ0) is 40.0. The summed E-state index contributed by atoms with van der Waals surface area (Å²) in [5.74, 6) is 0. The standard InChI is InChI=1S/C50H32/c1-2-15-34(16-3-1)47-31-36-18-6-7-19-37(36)32-48(47)50-45-22-10-8-20-43(45)49(44-21-9-11-23-46(44)50)42-27-13-25-40-39(24-12-26-41(40)42)38-29-28-33-14-4-5-17-35(33)30-38/h1-32H/i8D,9D,10D,11D,20D,21D,22D,23D. The van der Waals surface area contributed by atoms with Crippen LogP contribution in [-0.2, 0) is 0 Å². The second-order valence-electron chi connectivity index (χ2n) is 12.6. The lowest BCUT2D eigenvalue weighted by Gasteiger charge is -2.21. The highest BCUT2D eigenvalue weighted by molar-refractivity contribution is 6.25. The van der Waals surface area contributed by atoms with Crippen LogP contribution in [0.1, 0.15) is 11.0 Å². The molecule has 0 heterocycles. The van der Waals surface area contributed by atoms with E-state index < -0.39 is 24.2 Å². The van der Waals surface area contributed by atoms with E-state index in [1.165, 1.54) is 0 Å². The first kappa shape index (κ1) is 21.5. The lowest BCUT2D eigenvalue weighted by molar-refractivity contribution is 1.63. The molecule has 10 aromatic rings. The Bertz CT molecular complexity index is 3290. The molecule has 0 saturated heterocycles. The number of hydrogen-bond donors (Lipinski definition) is 0. The second kappa shape index (κ2) is 11.6. The van der Waals surface area contributed by atoms with Gasteiger partial charge in [0.15, 0.2) is 0 Å². The quantitative estimate of drug-likeness (QED) is 0.168. The van der Waals surface area contributed by atoms with Gasteiger partial charge in [-0.05, 0) is 117 Å². The molecule has 0 N–H and O–H groups in total. The van der Waals surface area contributed by atoms with E-state index in [0.717, 1.165) is 54.6 Å². The van der Waals surface area contributed by atoms with E-state index in [9.17, 15) is 5.48 Å². The Morgan fingerprint density at radius 2 is 0.760 bits per heavy atom. The Kier molecular flexibility index (Phi) is 4.97. The average molecular weight is 641 g/mol. The summed E-state index contributed by atoms with van der Waals surface area (Å²) in [6.07, 6.45) is 0. The lowest BCUT2D eigenvalue weighted by Crippen LogP contribution is -1.94. The van der Waals surface area contributed by atoms with Crippen LogP contribution in [0.2, 0.25) is 0 Å². The second-order valence-corrected chi connectivity index (χ2v) is 12.6. The predicted molar refractivity (Wildman–Crippen MR) is 216 cm³/mol. The van der Waals surface area contributed by atoms with Gasteiger partial charge < -0.3 is 0 Å². The molecule has 0 aliphatic carbocycles. The van der Waals surface area contributed by atoms with Crippen molar-refractivity contribution in [3.63, 3.8) is 0 Å². The predicted octanol–water partition coefficient (Wildman–Crippen LogP) is 14.1. The van der Waals surface area contributed by atoms with Crippen LogP contribution >= 0.6 is 0 Å². The van der Waals surface area contributed by atoms with Gasteiger partial charge in [0.05, 0.1) is 11.0 Å². The normalized spacial score (nSPS) is 13.8. The summed E-state index contributed by atoms with van der Waals surface area (Å²) in [6, 6.07) is 45.1. The minimum Gasteiger partial charge on any atom is -0.0622 e. The summed E-state index contributed by atoms with van der Waals surface area (Å²) in [4.78, 5) is 0. The first-order valence-electron chi connectivity index (χ1n) is 20.7. The summed E-state index contributed by atoms with van der Waals surface area (Å²) in [5.41, 5.74) is 5.43. The molecule has 0 atom stereocenters. The zero-order valence-corrected chi connectivity index (χ0v) is 26.9. The molecule has 0 aromatic heterocycles. The van der Waals surface area contributed by atoms with E-state index in [1.54, 1.807) is 0 Å². The molecule has 10 rings (SSSR count). The van der Waals surface area contributed by atoms with Crippen molar-refractivity contribution in [2.75, 3.05) is 0 Å². The van der Waals surface area contributed by atoms with Crippen molar-refractivity contribution in [1.29, 1.82) is 0 Å². The van der Waals surface area contributed by atoms with Gasteiger partial charge >= 0.3 is 0 Å². The van der Waals surface area contributed by atoms with Crippen molar-refractivity contribution in [3.8, 4) is 44.5 Å². The van der Waals surface area contributed by atoms with Gasteiger partial charge in [0.25, 0.3) is 0 Å². The summed E-state index contributed by atoms with van der Waals surface area (Å²) in [6.45, 7) is 0. The Balaban J connectivity index is 1.43. The Morgan fingerprint density at radius 3 is 1.38 bits per heavy atom. The minimum atomic E-state index is -0.427. The zero-order valence-electron chi connectivity index (χ0n) is 34.9. The molecule has 0 aliphatic rings. The van der Waals surface area contributed by atoms with Crippen molar-refractivity contribution in [3.05, 3.63) is 194 Å². The van der Waals surface area contributed by atoms with E-state index in [1.807, 2.05) is 109 Å². The number of rotatable bonds is 4. The Hall–Kier alpha value is -6.50. The minimum absolute atomic E-state index is 0.189. The molecule has 0 saturated carbocycles. The average Bonchev–Trinajstić information content (AvgIpc) is 3.27. The topological polar surface area (TPSA) is 0 Å². The molecule has 0 aliphatic heterocycles. The molecule has 0 nitrogen and oxygen atoms in total. The summed E-state index contributed by atoms with van der Waals surface area (Å²) in [7, 11) is 0. The van der Waals surface area contributed by atoms with E-state index in [4.69, 9.17) is 5.48 Å². The summed E-state index contributed by atoms with van der Waals surface area (Å²) >= 11 is 0. The highest BCUT2D eigenvalue weighted by Gasteiger charge is 2.21. The first-order valence-corrected chi connectivity index (χ1v) is 16.7. The van der Waals surface area contributed by atoms with Gasteiger partial charge in [0, 0.05) is 0 Å². The van der Waals surface area contributed by atoms with Gasteiger partial charge in [0.1, 0.15) is 0 Å². The van der Waals surface area contributed by atoms with Crippen LogP contribution in [0.3, 0.4) is 0 Å². The molecular formula is C50H32. The highest BCUT2D eigenvalue weighted by atomic mass is 14.2. The van der Waals surface area contributed by atoms with Crippen LogP contribution in [-0.4, -0.2) is 0 Å². The third-order valence-electron chi connectivity index (χ3n) is 9.87. The van der Waals surface area contributed by atoms with Crippen LogP contribution in [0.15, 0.2) is 194 Å². The SMILES string of the molecule is [2H]c1c([2H])c([2H])c2c(-c3cccc4c(-c5ccc6ccccc6c5)cccc34)c3c([2H])c([2H])c([2H])c([2H])c3c(-c3cc4ccccc4cc3-c3ccccc3)c2c1[2H]. The maximum absolute atomic E-state index is 9.60. The Labute approximate surface area is 302 Å². The molecule has 0 radical (unpaired) electrons. The van der Waals surface area contributed by atoms with Crippen molar-refractivity contribution in [1.82, 2.24) is 0 Å². The lowest BCUT2D eigenvalue weighted by atomic mass is 9.82. The van der Waals surface area contributed by atoms with Gasteiger partial charge in [-0.3, -0.25) is 0 Å². The molecular weight excluding hydrogens is 601 g/mol. The van der Waals surface area contributed by atoms with E-state index in [0.29, 0.717) is 22.3 Å². The van der Waals surface area contributed by atoms with Crippen molar-refractivity contribution in [2.24, 2.45) is 0 Å². The van der Waals surface area contributed by atoms with Crippen LogP contribution in [0.4, 0.5) is 0 Å². The van der Waals surface area contributed by atoms with Crippen molar-refractivity contribution >= 4 is 53.9 Å². The van der Waals surface area contributed by atoms with Crippen LogP contribution in [0, 0.1) is 0 Å². The highest BCUT2D eigenvalue weighted by Crippen LogP contribution is 2.48. The van der Waals surface area contributed by atoms with Gasteiger partial charge in [-0.2, -0.15) is 0 Å². The van der Waals surface area contributed by atoms with Gasteiger partial charge in [-0.25, -0.2) is 0 Å². The van der Waals surface area contributed by atoms with Crippen LogP contribution in [0.5, 0.6) is 0 Å². The van der Waals surface area contributed by atoms with Gasteiger partial charge in [-0.15, -0.1) is 0 Å². The van der Waals surface area contributed by atoms with Crippen molar-refractivity contribution in [2.45, 2.75) is 0 Å². The smallest absolute Gasteiger partial charge is 0.0622 e. The fourth-order valence-corrected chi connectivity index (χ4v) is 7.60. The summed E-state index contributed by atoms with van der Waals surface area (Å²) < 4.78 is 74.4. The molecule has 0 fully saturated rings. The van der Waals surface area contributed by atoms with E-state index in [-0.39, 0.29) is 45.7 Å². The van der Waals surface area contributed by atoms with Crippen molar-refractivity contribution < 1.29 is 11.0 Å². The van der Waals surface area contributed by atoms with E-state index in [2.05, 4.69) is 36.4 Å². The fraction of sp³-hybridized carbons (Fsp3) is 0. The third-order valence-corrected chi connectivity index (χ3v) is 9.87. The molecule has 10 aromatic carbocycles. The maximum atomic E-state index is 9.60. The van der Waals surface area contributed by atoms with E-state index >= 15 is 0 Å². The fourth-order valence-electron chi connectivity index (χ4n) is 7.60. The largest absolute Gasteiger partial charge is 0.0629 e. The Morgan fingerprint density at radius 1 is 0.280 bits per heavy atom. The molecule has 0 heteroatoms. The molecule has 232 valence electrons. The van der Waals surface area contributed by atoms with Crippen LogP contribution < -0.4 is 0 Å². The number of fused-ring (bicyclic) bond motifs is 5. The number of hydrogen-bond acceptors (Lipinski definition) is 0. The van der Waals surface area contributed by atoms with Gasteiger partial charge in [-0.1, -0.05) is 176 Å². The van der Waals surface area contributed by atoms with Gasteiger partial charge in [0.2, 0.25) is 0 Å². The third kappa shape index (κ3) is 4.54. The molecule has 0 amide bonds. The monoisotopic (exact) mass is 640 g/mol. The first-order chi connectivity index (χ1) is 28.1. The molecule has 0 spiro atoms. The number of benzene rings is 10. The summed E-state index contributed by atoms with van der Waals surface area (Å²) in [5, 5.41) is 6.47. The maximum Gasteiger partial charge on any atom is 0.0629 e. The molecule has 50 heavy (non-hydrogen) atoms. The molecule has 0 bridgehead atoms. The van der Waals surface area contributed by atoms with Crippen LogP contribution in [0.25, 0.3) is 98.4 Å².